The Kier molecular flexibility index (Phi) is 8.50. The lowest BCUT2D eigenvalue weighted by molar-refractivity contribution is -0.213. The highest BCUT2D eigenvalue weighted by molar-refractivity contribution is 5.93. The van der Waals surface area contributed by atoms with E-state index in [2.05, 4.69) is 5.32 Å². The van der Waals surface area contributed by atoms with Crippen molar-refractivity contribution in [2.24, 2.45) is 5.41 Å². The summed E-state index contributed by atoms with van der Waals surface area (Å²) in [6.45, 7) is -0.0611. The monoisotopic (exact) mass is 674 g/mol. The number of carbonyl (C=O) groups is 2. The predicted octanol–water partition coefficient (Wildman–Crippen LogP) is 4.24. The average molecular weight is 675 g/mol. The summed E-state index contributed by atoms with van der Waals surface area (Å²) in [7, 11) is 0. The number of aromatic hydroxyl groups is 1. The number of hydrogen-bond acceptors (Lipinski definition) is 9. The Labute approximate surface area is 289 Å². The summed E-state index contributed by atoms with van der Waals surface area (Å²) in [5.74, 6) is -2.09. The van der Waals surface area contributed by atoms with Gasteiger partial charge in [-0.1, -0.05) is 115 Å². The number of nitrogens with one attached hydrogen (secondary N) is 1. The Balaban J connectivity index is 1.16. The molecule has 4 aliphatic rings. The molecule has 10 nitrogen and oxygen atoms in total. The molecule has 4 aromatic carbocycles. The number of fused-ring (bicyclic) bond motifs is 4. The van der Waals surface area contributed by atoms with Crippen LogP contribution >= 0.6 is 0 Å². The molecule has 0 radical (unpaired) electrons. The lowest BCUT2D eigenvalue weighted by Gasteiger charge is -2.48. The zero-order valence-electron chi connectivity index (χ0n) is 27.3. The number of rotatable bonds is 10. The Bertz CT molecular complexity index is 1860. The summed E-state index contributed by atoms with van der Waals surface area (Å²) in [6.07, 6.45) is 1.44. The van der Waals surface area contributed by atoms with Gasteiger partial charge in [-0.05, 0) is 29.2 Å². The van der Waals surface area contributed by atoms with Crippen LogP contribution in [0.4, 0.5) is 0 Å². The molecule has 6 atom stereocenters. The number of esters is 1. The molecule has 256 valence electrons. The first-order chi connectivity index (χ1) is 24.4. The van der Waals surface area contributed by atoms with Crippen molar-refractivity contribution < 1.29 is 38.9 Å². The first kappa shape index (κ1) is 32.4. The molecule has 3 saturated heterocycles. The molecule has 1 amide bonds. The van der Waals surface area contributed by atoms with Gasteiger partial charge in [-0.2, -0.15) is 5.06 Å². The summed E-state index contributed by atoms with van der Waals surface area (Å²) < 4.78 is 20.0. The molecular weight excluding hydrogens is 636 g/mol. The number of carbonyl (C=O) groups excluding carboxylic acids is 2. The molecule has 1 aliphatic carbocycles. The van der Waals surface area contributed by atoms with Crippen molar-refractivity contribution in [1.82, 2.24) is 10.4 Å². The van der Waals surface area contributed by atoms with E-state index >= 15 is 0 Å². The van der Waals surface area contributed by atoms with Crippen LogP contribution in [0.25, 0.3) is 6.08 Å². The Morgan fingerprint density at radius 3 is 2.20 bits per heavy atom. The number of aliphatic hydroxyl groups excluding tert-OH is 1. The van der Waals surface area contributed by atoms with Crippen molar-refractivity contribution in [1.29, 1.82) is 0 Å². The number of allylic oxidation sites excluding steroid dienone is 1. The third kappa shape index (κ3) is 5.31. The average Bonchev–Trinajstić information content (AvgIpc) is 3.73. The third-order valence-electron chi connectivity index (χ3n) is 10.3. The summed E-state index contributed by atoms with van der Waals surface area (Å²) in [5.41, 5.74) is 2.71. The van der Waals surface area contributed by atoms with Crippen LogP contribution in [0.1, 0.15) is 34.2 Å². The van der Waals surface area contributed by atoms with E-state index in [1.165, 1.54) is 0 Å². The SMILES string of the molecule is O=C1OC2CC3(C(=O)NCCO)C(ON(Cc4ccccc4C=CCc4ccccc4O)C13)C1OC(c3ccccc3)(c3ccccc3)OC21. The van der Waals surface area contributed by atoms with Crippen LogP contribution in [0.2, 0.25) is 0 Å². The Hall–Kier alpha value is -4.84. The third-order valence-corrected chi connectivity index (χ3v) is 10.3. The molecule has 4 aromatic rings. The smallest absolute Gasteiger partial charge is 0.327 e. The van der Waals surface area contributed by atoms with Crippen LogP contribution in [-0.4, -0.2) is 70.8 Å². The highest BCUT2D eigenvalue weighted by atomic mass is 16.8. The lowest BCUT2D eigenvalue weighted by atomic mass is 9.62. The normalized spacial score (nSPS) is 27.9. The van der Waals surface area contributed by atoms with Gasteiger partial charge < -0.3 is 29.7 Å². The van der Waals surface area contributed by atoms with Gasteiger partial charge in [0.25, 0.3) is 0 Å². The van der Waals surface area contributed by atoms with E-state index in [0.717, 1.165) is 27.8 Å². The number of amides is 1. The van der Waals surface area contributed by atoms with Crippen LogP contribution in [-0.2, 0) is 47.4 Å². The number of hydrogen-bond donors (Lipinski definition) is 3. The van der Waals surface area contributed by atoms with Gasteiger partial charge >= 0.3 is 5.97 Å². The second-order valence-electron chi connectivity index (χ2n) is 13.2. The van der Waals surface area contributed by atoms with Gasteiger partial charge in [-0.25, -0.2) is 0 Å². The van der Waals surface area contributed by atoms with E-state index < -0.39 is 53.5 Å². The van der Waals surface area contributed by atoms with Crippen molar-refractivity contribution >= 4 is 18.0 Å². The van der Waals surface area contributed by atoms with Crippen molar-refractivity contribution in [3.05, 3.63) is 143 Å². The van der Waals surface area contributed by atoms with Gasteiger partial charge in [-0.3, -0.25) is 14.4 Å². The van der Waals surface area contributed by atoms with E-state index in [4.69, 9.17) is 19.0 Å². The van der Waals surface area contributed by atoms with E-state index in [-0.39, 0.29) is 31.9 Å². The standard InChI is InChI=1S/C40H38N2O8/c43-23-22-41-38(46)39-24-32-33-34(49-40(48-33,29-17-3-1-4-18-29)30-19-5-2-6-20-30)36(39)50-42(35(39)37(45)47-32)25-28-14-8-7-12-26(28)15-11-16-27-13-9-10-21-31(27)44/h1-15,17-21,32-36,43-44H,16,22-25H2,(H,41,46). The van der Waals surface area contributed by atoms with Crippen molar-refractivity contribution in [2.75, 3.05) is 13.2 Å². The van der Waals surface area contributed by atoms with Gasteiger partial charge in [0.1, 0.15) is 35.6 Å². The highest BCUT2D eigenvalue weighted by Crippen LogP contribution is 2.59. The number of aliphatic hydroxyl groups is 1. The van der Waals surface area contributed by atoms with Gasteiger partial charge in [0.2, 0.25) is 11.7 Å². The number of benzene rings is 4. The number of ether oxygens (including phenoxy) is 3. The minimum atomic E-state index is -1.38. The topological polar surface area (TPSA) is 127 Å². The molecule has 3 aliphatic heterocycles. The van der Waals surface area contributed by atoms with Crippen LogP contribution in [0.15, 0.2) is 115 Å². The van der Waals surface area contributed by atoms with Gasteiger partial charge in [0.15, 0.2) is 6.04 Å². The molecule has 50 heavy (non-hydrogen) atoms. The zero-order valence-corrected chi connectivity index (χ0v) is 27.3. The summed E-state index contributed by atoms with van der Waals surface area (Å²) in [6, 6.07) is 33.1. The van der Waals surface area contributed by atoms with Crippen LogP contribution in [0.3, 0.4) is 0 Å². The van der Waals surface area contributed by atoms with E-state index in [0.29, 0.717) is 6.42 Å². The number of para-hydroxylation sites is 1. The summed E-state index contributed by atoms with van der Waals surface area (Å²) in [5, 5.41) is 24.3. The molecular formula is C40H38N2O8. The first-order valence-electron chi connectivity index (χ1n) is 17.0. The van der Waals surface area contributed by atoms with Crippen LogP contribution in [0.5, 0.6) is 5.75 Å². The van der Waals surface area contributed by atoms with Crippen LogP contribution in [0, 0.1) is 5.41 Å². The van der Waals surface area contributed by atoms with Gasteiger partial charge in [-0.15, -0.1) is 0 Å². The maximum Gasteiger partial charge on any atom is 0.327 e. The fourth-order valence-electron chi connectivity index (χ4n) is 8.03. The van der Waals surface area contributed by atoms with Crippen molar-refractivity contribution in [3.8, 4) is 5.75 Å². The van der Waals surface area contributed by atoms with Crippen molar-refractivity contribution in [3.63, 3.8) is 0 Å². The van der Waals surface area contributed by atoms with Crippen molar-refractivity contribution in [2.45, 2.75) is 55.6 Å². The van der Waals surface area contributed by atoms with Gasteiger partial charge in [0, 0.05) is 24.1 Å². The molecule has 2 bridgehead atoms. The van der Waals surface area contributed by atoms with E-state index in [9.17, 15) is 19.8 Å². The number of nitrogens with zero attached hydrogens (tertiary/aromatic N) is 1. The molecule has 1 saturated carbocycles. The Morgan fingerprint density at radius 1 is 0.860 bits per heavy atom. The summed E-state index contributed by atoms with van der Waals surface area (Å²) in [4.78, 5) is 35.1. The maximum atomic E-state index is 14.3. The molecule has 3 heterocycles. The Morgan fingerprint density at radius 2 is 1.50 bits per heavy atom. The zero-order chi connectivity index (χ0) is 34.3. The molecule has 0 aromatic heterocycles. The second kappa shape index (κ2) is 13.1. The predicted molar refractivity (Wildman–Crippen MR) is 182 cm³/mol. The number of phenols is 1. The maximum absolute atomic E-state index is 14.3. The number of hydroxylamine groups is 2. The number of phenolic OH excluding ortho intramolecular Hbond substituents is 1. The molecule has 4 fully saturated rings. The first-order valence-corrected chi connectivity index (χ1v) is 17.0. The molecule has 0 spiro atoms. The van der Waals surface area contributed by atoms with E-state index in [1.807, 2.05) is 109 Å². The highest BCUT2D eigenvalue weighted by Gasteiger charge is 2.76. The molecule has 10 heteroatoms. The van der Waals surface area contributed by atoms with Gasteiger partial charge in [0.05, 0.1) is 13.2 Å². The second-order valence-corrected chi connectivity index (χ2v) is 13.2. The fourth-order valence-corrected chi connectivity index (χ4v) is 8.03. The molecule has 8 rings (SSSR count). The minimum absolute atomic E-state index is 0.0216. The minimum Gasteiger partial charge on any atom is -0.508 e. The largest absolute Gasteiger partial charge is 0.508 e. The molecule has 3 N–H and O–H groups in total. The lowest BCUT2D eigenvalue weighted by Crippen LogP contribution is -2.69. The fraction of sp³-hybridized carbons (Fsp3) is 0.300. The quantitative estimate of drug-likeness (QED) is 0.212. The summed E-state index contributed by atoms with van der Waals surface area (Å²) >= 11 is 0. The van der Waals surface area contributed by atoms with E-state index in [1.54, 1.807) is 17.2 Å². The molecule has 6 unspecified atom stereocenters. The van der Waals surface area contributed by atoms with Crippen LogP contribution < -0.4 is 5.32 Å².